The Kier molecular flexibility index (Phi) is 10.5. The lowest BCUT2D eigenvalue weighted by Gasteiger charge is -2.35. The summed E-state index contributed by atoms with van der Waals surface area (Å²) in [5.41, 5.74) is 10.2. The Morgan fingerprint density at radius 1 is 0.315 bits per heavy atom. The van der Waals surface area contributed by atoms with E-state index in [0.717, 1.165) is 66.4 Å². The summed E-state index contributed by atoms with van der Waals surface area (Å²) in [6.07, 6.45) is 0. The predicted octanol–water partition coefficient (Wildman–Crippen LogP) is 7.82. The van der Waals surface area contributed by atoms with Crippen LogP contribution in [0.15, 0.2) is 206 Å². The molecule has 9 aromatic carbocycles. The molecular weight excluding hydrogens is 885 g/mol. The van der Waals surface area contributed by atoms with Crippen LogP contribution in [0.3, 0.4) is 0 Å². The van der Waals surface area contributed by atoms with Crippen LogP contribution in [0.2, 0.25) is 0 Å². The third kappa shape index (κ3) is 7.11. The zero-order chi connectivity index (χ0) is 49.4. The average molecular weight is 919 g/mol. The highest BCUT2D eigenvalue weighted by Crippen LogP contribution is 2.48. The maximum Gasteiger partial charge on any atom is 0.165 e. The van der Waals surface area contributed by atoms with Crippen molar-refractivity contribution in [2.75, 3.05) is 0 Å². The molecule has 328 valence electrons. The first-order valence-corrected chi connectivity index (χ1v) is 23.8. The Bertz CT molecular complexity index is 4010. The van der Waals surface area contributed by atoms with Gasteiger partial charge in [-0.2, -0.15) is 0 Å². The zero-order valence-electron chi connectivity index (χ0n) is 39.1. The Balaban J connectivity index is 1.20. The summed E-state index contributed by atoms with van der Waals surface area (Å²) in [7, 11) is 33.5. The molecule has 1 aliphatic rings. The summed E-state index contributed by atoms with van der Waals surface area (Å²) < 4.78 is 2.31. The molecule has 73 heavy (non-hydrogen) atoms. The van der Waals surface area contributed by atoms with Gasteiger partial charge >= 0.3 is 0 Å². The number of benzene rings is 9. The van der Waals surface area contributed by atoms with Gasteiger partial charge in [0.05, 0.1) is 16.7 Å². The van der Waals surface area contributed by atoms with Crippen molar-refractivity contribution in [3.8, 4) is 73.8 Å². The van der Waals surface area contributed by atoms with Crippen molar-refractivity contribution in [2.45, 2.75) is 5.41 Å². The predicted molar refractivity (Wildman–Crippen MR) is 299 cm³/mol. The van der Waals surface area contributed by atoms with Gasteiger partial charge in [0.15, 0.2) is 34.9 Å². The van der Waals surface area contributed by atoms with Crippen LogP contribution in [0.25, 0.3) is 95.6 Å². The van der Waals surface area contributed by atoms with E-state index in [1.807, 2.05) is 115 Å². The number of nitrogens with zero attached hydrogens (tertiary/aromatic N) is 7. The summed E-state index contributed by atoms with van der Waals surface area (Å²) in [6.45, 7) is 0. The van der Waals surface area contributed by atoms with Gasteiger partial charge in [-0.3, -0.25) is 0 Å². The number of hydrogen-bond donors (Lipinski definition) is 0. The van der Waals surface area contributed by atoms with E-state index in [0.29, 0.717) is 40.2 Å². The fraction of sp³-hybridized carbons (Fsp3) is 0.0164. The number of rotatable bonds is 7. The summed E-state index contributed by atoms with van der Waals surface area (Å²) in [4.78, 5) is 31.8. The molecule has 0 saturated carbocycles. The third-order valence-corrected chi connectivity index (χ3v) is 14.1. The summed E-state index contributed by atoms with van der Waals surface area (Å²) in [6, 6.07) is 70.3. The monoisotopic (exact) mass is 919 g/mol. The van der Waals surface area contributed by atoms with E-state index < -0.39 is 5.41 Å². The molecule has 0 amide bonds. The largest absolute Gasteiger partial charge is 0.308 e. The number of fused-ring (bicyclic) bond motifs is 9. The molecule has 0 N–H and O–H groups in total. The molecule has 0 saturated heterocycles. The van der Waals surface area contributed by atoms with E-state index in [1.54, 1.807) is 0 Å². The molecule has 0 spiro atoms. The molecule has 3 aromatic heterocycles. The van der Waals surface area contributed by atoms with Crippen LogP contribution in [0.4, 0.5) is 0 Å². The van der Waals surface area contributed by atoms with Crippen molar-refractivity contribution in [3.05, 3.63) is 229 Å². The molecule has 0 aliphatic carbocycles. The highest BCUT2D eigenvalue weighted by Gasteiger charge is 2.43. The van der Waals surface area contributed by atoms with Crippen LogP contribution in [-0.4, -0.2) is 73.7 Å². The van der Waals surface area contributed by atoms with Crippen molar-refractivity contribution in [3.63, 3.8) is 0 Å². The topological polar surface area (TPSA) is 82.3 Å². The van der Waals surface area contributed by atoms with Gasteiger partial charge in [0, 0.05) is 38.6 Å². The summed E-state index contributed by atoms with van der Waals surface area (Å²) in [5, 5.41) is 2.13. The van der Waals surface area contributed by atoms with Gasteiger partial charge < -0.3 is 4.57 Å². The normalized spacial score (nSPS) is 12.5. The molecule has 0 atom stereocenters. The second-order valence-electron chi connectivity index (χ2n) is 18.2. The first-order chi connectivity index (χ1) is 35.8. The molecule has 0 fully saturated rings. The van der Waals surface area contributed by atoms with Crippen LogP contribution in [0, 0.1) is 0 Å². The lowest BCUT2D eigenvalue weighted by Crippen LogP contribution is -2.55. The summed E-state index contributed by atoms with van der Waals surface area (Å²) >= 11 is 0. The van der Waals surface area contributed by atoms with Crippen LogP contribution >= 0.6 is 0 Å². The molecule has 1 aliphatic heterocycles. The minimum Gasteiger partial charge on any atom is -0.308 e. The Hall–Kier alpha value is -8.88. The SMILES string of the molecule is [B]c1c([B])c([B])c(-c2nc3nc(n2)C(c2ccccc2)(c2ccccc2)c2ccc4c5ccc(-c6ccccc6)cc5n(c4c2)-c2ccc(-c4nc(-c5ccccc5)nc(-c5ccccc5)n4)cc2-3)c([B])c1[B]. The lowest BCUT2D eigenvalue weighted by atomic mass is 9.60. The van der Waals surface area contributed by atoms with Gasteiger partial charge in [-0.25, -0.2) is 29.9 Å². The second kappa shape index (κ2) is 17.5. The maximum absolute atomic E-state index is 6.92. The molecule has 4 heterocycles. The molecule has 7 nitrogen and oxygen atoms in total. The molecule has 0 unspecified atom stereocenters. The Morgan fingerprint density at radius 2 is 0.753 bits per heavy atom. The van der Waals surface area contributed by atoms with Gasteiger partial charge in [-0.05, 0) is 58.1 Å². The van der Waals surface area contributed by atoms with Crippen LogP contribution in [-0.2, 0) is 5.41 Å². The van der Waals surface area contributed by atoms with Crippen molar-refractivity contribution >= 4 is 88.4 Å². The zero-order valence-corrected chi connectivity index (χ0v) is 39.1. The minimum atomic E-state index is -1.16. The smallest absolute Gasteiger partial charge is 0.165 e. The molecule has 12 heteroatoms. The van der Waals surface area contributed by atoms with Crippen molar-refractivity contribution < 1.29 is 0 Å². The first kappa shape index (κ1) is 44.1. The van der Waals surface area contributed by atoms with Crippen molar-refractivity contribution in [1.29, 1.82) is 0 Å². The second-order valence-corrected chi connectivity index (χ2v) is 18.2. The lowest BCUT2D eigenvalue weighted by molar-refractivity contribution is 0.675. The van der Waals surface area contributed by atoms with E-state index >= 15 is 0 Å². The van der Waals surface area contributed by atoms with Gasteiger partial charge in [0.1, 0.15) is 44.6 Å². The third-order valence-electron chi connectivity index (χ3n) is 14.1. The van der Waals surface area contributed by atoms with E-state index in [1.165, 1.54) is 0 Å². The van der Waals surface area contributed by atoms with Crippen molar-refractivity contribution in [2.24, 2.45) is 0 Å². The standard InChI is InChI=1S/C61H34B5N7/c62-50-49(51(63)53(65)54(66)52(50)64)59-70-58-45-32-39(57-68-55(36-18-8-2-9-19-36)67-56(69-57)37-20-10-3-11-21-37)27-31-46(45)73-47-33-38(35-16-6-1-7-17-35)26-29-43(47)44-30-28-42(34-48(44)73)61(60(71-58)72-59,40-22-12-4-13-23-40)41-24-14-5-15-25-41/h1-34H. The molecule has 4 bridgehead atoms. The van der Waals surface area contributed by atoms with Gasteiger partial charge in [0.25, 0.3) is 0 Å². The van der Waals surface area contributed by atoms with Crippen LogP contribution in [0.1, 0.15) is 22.5 Å². The Labute approximate surface area is 428 Å². The van der Waals surface area contributed by atoms with E-state index in [2.05, 4.69) is 95.6 Å². The van der Waals surface area contributed by atoms with Crippen LogP contribution in [0.5, 0.6) is 0 Å². The van der Waals surface area contributed by atoms with E-state index in [-0.39, 0.29) is 38.7 Å². The number of aromatic nitrogens is 7. The Morgan fingerprint density at radius 3 is 1.32 bits per heavy atom. The van der Waals surface area contributed by atoms with Gasteiger partial charge in [0.2, 0.25) is 0 Å². The molecule has 12 aromatic rings. The highest BCUT2D eigenvalue weighted by molar-refractivity contribution is 6.68. The van der Waals surface area contributed by atoms with E-state index in [9.17, 15) is 0 Å². The highest BCUT2D eigenvalue weighted by atomic mass is 15.1. The molecule has 10 radical (unpaired) electrons. The van der Waals surface area contributed by atoms with E-state index in [4.69, 9.17) is 69.1 Å². The van der Waals surface area contributed by atoms with Crippen molar-refractivity contribution in [1.82, 2.24) is 34.5 Å². The van der Waals surface area contributed by atoms with Gasteiger partial charge in [-0.15, -0.1) is 16.4 Å². The number of hydrogen-bond acceptors (Lipinski definition) is 6. The molecular formula is C61H34B5N7. The fourth-order valence-corrected chi connectivity index (χ4v) is 10.4. The van der Waals surface area contributed by atoms with Crippen LogP contribution < -0.4 is 27.3 Å². The quantitative estimate of drug-likeness (QED) is 0.152. The fourth-order valence-electron chi connectivity index (χ4n) is 10.4. The average Bonchev–Trinajstić information content (AvgIpc) is 3.78. The minimum absolute atomic E-state index is 0.0767. The molecule has 13 rings (SSSR count). The van der Waals surface area contributed by atoms with Gasteiger partial charge in [-0.1, -0.05) is 187 Å². The first-order valence-electron chi connectivity index (χ1n) is 23.8. The maximum atomic E-state index is 6.92. The summed E-state index contributed by atoms with van der Waals surface area (Å²) in [5.74, 6) is 2.39.